The van der Waals surface area contributed by atoms with Gasteiger partial charge in [0.2, 0.25) is 5.71 Å². The van der Waals surface area contributed by atoms with Crippen molar-refractivity contribution in [1.29, 1.82) is 10.5 Å². The van der Waals surface area contributed by atoms with Gasteiger partial charge in [-0.05, 0) is 36.8 Å². The Balaban J connectivity index is 2.32. The Hall–Kier alpha value is -4.31. The minimum Gasteiger partial charge on any atom is -0.465 e. The zero-order valence-corrected chi connectivity index (χ0v) is 14.9. The molecule has 0 aliphatic heterocycles. The van der Waals surface area contributed by atoms with Gasteiger partial charge in [-0.15, -0.1) is 0 Å². The van der Waals surface area contributed by atoms with Gasteiger partial charge in [0, 0.05) is 5.56 Å². The number of nitrogens with zero attached hydrogens (tertiary/aromatic N) is 3. The number of amides is 2. The highest BCUT2D eigenvalue weighted by Crippen LogP contribution is 2.34. The number of nitriles is 2. The predicted molar refractivity (Wildman–Crippen MR) is 97.7 cm³/mol. The first-order valence-corrected chi connectivity index (χ1v) is 7.96. The highest BCUT2D eigenvalue weighted by atomic mass is 19.1. The SMILES string of the molecule is CC(C#N)(c1ccc(F)cc1)c1ccc(NN=C(C#N)C(=O)NC(=O)O)cc1F. The van der Waals surface area contributed by atoms with Crippen molar-refractivity contribution < 1.29 is 23.5 Å². The first-order chi connectivity index (χ1) is 13.7. The van der Waals surface area contributed by atoms with E-state index in [0.717, 1.165) is 6.07 Å². The van der Waals surface area contributed by atoms with Crippen LogP contribution < -0.4 is 10.7 Å². The van der Waals surface area contributed by atoms with Crippen LogP contribution in [-0.2, 0) is 10.2 Å². The molecule has 1 atom stereocenters. The quantitative estimate of drug-likeness (QED) is 0.524. The molecule has 0 aromatic heterocycles. The third kappa shape index (κ3) is 4.70. The summed E-state index contributed by atoms with van der Waals surface area (Å²) in [6.45, 7) is 1.48. The summed E-state index contributed by atoms with van der Waals surface area (Å²) in [4.78, 5) is 21.9. The molecule has 2 aromatic carbocycles. The summed E-state index contributed by atoms with van der Waals surface area (Å²) in [6, 6.07) is 12.2. The number of imide groups is 1. The van der Waals surface area contributed by atoms with Crippen molar-refractivity contribution in [1.82, 2.24) is 5.32 Å². The Labute approximate surface area is 163 Å². The summed E-state index contributed by atoms with van der Waals surface area (Å²) in [7, 11) is 0. The van der Waals surface area contributed by atoms with E-state index in [1.165, 1.54) is 54.7 Å². The maximum atomic E-state index is 14.7. The summed E-state index contributed by atoms with van der Waals surface area (Å²) < 4.78 is 27.9. The number of carbonyl (C=O) groups excluding carboxylic acids is 1. The monoisotopic (exact) mass is 397 g/mol. The van der Waals surface area contributed by atoms with Crippen LogP contribution >= 0.6 is 0 Å². The van der Waals surface area contributed by atoms with E-state index in [9.17, 15) is 23.6 Å². The zero-order valence-electron chi connectivity index (χ0n) is 14.9. The van der Waals surface area contributed by atoms with Crippen LogP contribution in [-0.4, -0.2) is 22.8 Å². The summed E-state index contributed by atoms with van der Waals surface area (Å²) >= 11 is 0. The van der Waals surface area contributed by atoms with Gasteiger partial charge < -0.3 is 5.11 Å². The normalized spacial score (nSPS) is 12.8. The molecule has 0 saturated carbocycles. The summed E-state index contributed by atoms with van der Waals surface area (Å²) in [5.74, 6) is -2.53. The van der Waals surface area contributed by atoms with Crippen molar-refractivity contribution in [3.05, 3.63) is 65.2 Å². The number of hydrogen-bond acceptors (Lipinski definition) is 6. The number of halogens is 2. The van der Waals surface area contributed by atoms with E-state index in [2.05, 4.69) is 10.5 Å². The van der Waals surface area contributed by atoms with Gasteiger partial charge in [0.05, 0.1) is 11.8 Å². The van der Waals surface area contributed by atoms with Crippen LogP contribution in [0.2, 0.25) is 0 Å². The Morgan fingerprint density at radius 2 is 1.79 bits per heavy atom. The number of nitrogens with one attached hydrogen (secondary N) is 2. The maximum absolute atomic E-state index is 14.7. The fraction of sp³-hybridized carbons (Fsp3) is 0.105. The Kier molecular flexibility index (Phi) is 6.22. The van der Waals surface area contributed by atoms with Crippen LogP contribution in [0, 0.1) is 34.3 Å². The number of anilines is 1. The summed E-state index contributed by atoms with van der Waals surface area (Å²) in [5.41, 5.74) is 0.530. The van der Waals surface area contributed by atoms with Gasteiger partial charge in [0.15, 0.2) is 0 Å². The van der Waals surface area contributed by atoms with E-state index in [4.69, 9.17) is 10.4 Å². The van der Waals surface area contributed by atoms with Crippen LogP contribution in [0.5, 0.6) is 0 Å². The molecule has 0 bridgehead atoms. The average Bonchev–Trinajstić information content (AvgIpc) is 2.68. The molecule has 0 saturated heterocycles. The molecular weight excluding hydrogens is 384 g/mol. The molecule has 146 valence electrons. The van der Waals surface area contributed by atoms with Gasteiger partial charge in [0.1, 0.15) is 23.1 Å². The van der Waals surface area contributed by atoms with Gasteiger partial charge in [-0.3, -0.25) is 15.5 Å². The standard InChI is InChI=1S/C19H13F2N5O3/c1-19(10-23,11-2-4-12(20)5-3-11)14-7-6-13(8-15(14)21)25-26-16(9-22)17(27)24-18(28)29/h2-8,25H,1H3,(H,24,27)(H,28,29). The fourth-order valence-electron chi connectivity index (χ4n) is 2.46. The van der Waals surface area contributed by atoms with Gasteiger partial charge in [-0.2, -0.15) is 15.6 Å². The van der Waals surface area contributed by atoms with Crippen LogP contribution in [0.4, 0.5) is 19.3 Å². The van der Waals surface area contributed by atoms with E-state index >= 15 is 0 Å². The third-order valence-electron chi connectivity index (χ3n) is 3.99. The number of rotatable bonds is 5. The van der Waals surface area contributed by atoms with Gasteiger partial charge in [-0.1, -0.05) is 18.2 Å². The minimum absolute atomic E-state index is 0.0188. The van der Waals surface area contributed by atoms with Crippen LogP contribution in [0.25, 0.3) is 0 Å². The second-order valence-corrected chi connectivity index (χ2v) is 5.88. The molecule has 3 N–H and O–H groups in total. The zero-order chi connectivity index (χ0) is 21.6. The lowest BCUT2D eigenvalue weighted by Crippen LogP contribution is -2.34. The predicted octanol–water partition coefficient (Wildman–Crippen LogP) is 2.88. The summed E-state index contributed by atoms with van der Waals surface area (Å²) in [6.07, 6.45) is -1.66. The second-order valence-electron chi connectivity index (χ2n) is 5.88. The molecule has 1 unspecified atom stereocenters. The number of benzene rings is 2. The molecule has 0 fully saturated rings. The maximum Gasteiger partial charge on any atom is 0.411 e. The van der Waals surface area contributed by atoms with E-state index in [1.54, 1.807) is 0 Å². The van der Waals surface area contributed by atoms with E-state index in [1.807, 2.05) is 6.07 Å². The first-order valence-electron chi connectivity index (χ1n) is 7.96. The number of hydrogen-bond donors (Lipinski definition) is 3. The van der Waals surface area contributed by atoms with Gasteiger partial charge in [-0.25, -0.2) is 13.6 Å². The summed E-state index contributed by atoms with van der Waals surface area (Å²) in [5, 5.41) is 31.8. The van der Waals surface area contributed by atoms with Crippen molar-refractivity contribution in [3.63, 3.8) is 0 Å². The molecule has 2 amide bonds. The van der Waals surface area contributed by atoms with Crippen LogP contribution in [0.1, 0.15) is 18.1 Å². The first kappa shape index (κ1) is 21.0. The topological polar surface area (TPSA) is 138 Å². The van der Waals surface area contributed by atoms with Crippen molar-refractivity contribution in [2.75, 3.05) is 5.43 Å². The third-order valence-corrected chi connectivity index (χ3v) is 3.99. The molecule has 0 aliphatic rings. The van der Waals surface area contributed by atoms with E-state index in [0.29, 0.717) is 5.56 Å². The van der Waals surface area contributed by atoms with E-state index in [-0.39, 0.29) is 11.3 Å². The molecule has 29 heavy (non-hydrogen) atoms. The molecule has 0 aliphatic carbocycles. The number of carbonyl (C=O) groups is 2. The fourth-order valence-corrected chi connectivity index (χ4v) is 2.46. The van der Waals surface area contributed by atoms with Crippen LogP contribution in [0.3, 0.4) is 0 Å². The number of hydrazone groups is 1. The highest BCUT2D eigenvalue weighted by Gasteiger charge is 2.32. The highest BCUT2D eigenvalue weighted by molar-refractivity contribution is 6.46. The van der Waals surface area contributed by atoms with Gasteiger partial charge in [0.25, 0.3) is 5.91 Å². The van der Waals surface area contributed by atoms with Crippen molar-refractivity contribution in [2.45, 2.75) is 12.3 Å². The largest absolute Gasteiger partial charge is 0.465 e. The van der Waals surface area contributed by atoms with Crippen molar-refractivity contribution in [3.8, 4) is 12.1 Å². The molecule has 2 aromatic rings. The van der Waals surface area contributed by atoms with Crippen LogP contribution in [0.15, 0.2) is 47.6 Å². The van der Waals surface area contributed by atoms with E-state index < -0.39 is 34.8 Å². The molecular formula is C19H13F2N5O3. The molecule has 0 spiro atoms. The Bertz CT molecular complexity index is 1070. The molecule has 0 heterocycles. The molecule has 2 rings (SSSR count). The lowest BCUT2D eigenvalue weighted by atomic mass is 9.77. The average molecular weight is 397 g/mol. The van der Waals surface area contributed by atoms with Gasteiger partial charge >= 0.3 is 6.09 Å². The van der Waals surface area contributed by atoms with Crippen molar-refractivity contribution in [2.24, 2.45) is 5.10 Å². The Morgan fingerprint density at radius 1 is 1.14 bits per heavy atom. The molecule has 10 heteroatoms. The smallest absolute Gasteiger partial charge is 0.411 e. The second kappa shape index (κ2) is 8.59. The number of carboxylic acid groups (broad SMARTS) is 1. The minimum atomic E-state index is -1.66. The lowest BCUT2D eigenvalue weighted by molar-refractivity contribution is -0.114. The van der Waals surface area contributed by atoms with Crippen molar-refractivity contribution >= 4 is 23.4 Å². The lowest BCUT2D eigenvalue weighted by Gasteiger charge is -2.23. The Morgan fingerprint density at radius 3 is 2.31 bits per heavy atom. The molecule has 0 radical (unpaired) electrons. The molecule has 8 nitrogen and oxygen atoms in total.